The van der Waals surface area contributed by atoms with Gasteiger partial charge in [-0.05, 0) is 38.3 Å². The zero-order valence-corrected chi connectivity index (χ0v) is 15.3. The summed E-state index contributed by atoms with van der Waals surface area (Å²) in [6.07, 6.45) is 0.298. The summed E-state index contributed by atoms with van der Waals surface area (Å²) in [6, 6.07) is 3.68. The van der Waals surface area contributed by atoms with Crippen LogP contribution >= 0.6 is 11.6 Å². The highest BCUT2D eigenvalue weighted by Gasteiger charge is 2.28. The monoisotopic (exact) mass is 360 g/mol. The summed E-state index contributed by atoms with van der Waals surface area (Å²) >= 11 is 6.38. The number of oxazole rings is 1. The van der Waals surface area contributed by atoms with Crippen LogP contribution in [0, 0.1) is 19.8 Å². The van der Waals surface area contributed by atoms with Crippen LogP contribution in [0.15, 0.2) is 21.0 Å². The highest BCUT2D eigenvalue weighted by Crippen LogP contribution is 2.42. The summed E-state index contributed by atoms with van der Waals surface area (Å²) in [7, 11) is 0. The van der Waals surface area contributed by atoms with Crippen molar-refractivity contribution in [3.05, 3.63) is 45.8 Å². The van der Waals surface area contributed by atoms with E-state index in [0.717, 1.165) is 46.6 Å². The van der Waals surface area contributed by atoms with Crippen molar-refractivity contribution in [2.75, 3.05) is 11.9 Å². The lowest BCUT2D eigenvalue weighted by Gasteiger charge is -2.12. The van der Waals surface area contributed by atoms with Crippen LogP contribution in [-0.2, 0) is 12.8 Å². The Morgan fingerprint density at radius 1 is 1.36 bits per heavy atom. The number of aliphatic hydroxyl groups is 1. The minimum absolute atomic E-state index is 0.284. The first-order valence-electron chi connectivity index (χ1n) is 8.52. The average Bonchev–Trinajstić information content (AvgIpc) is 3.00. The predicted octanol–water partition coefficient (Wildman–Crippen LogP) is 4.57. The van der Waals surface area contributed by atoms with E-state index < -0.39 is 6.10 Å². The lowest BCUT2D eigenvalue weighted by Crippen LogP contribution is -2.12. The Bertz CT molecular complexity index is 924. The average molecular weight is 361 g/mol. The maximum absolute atomic E-state index is 10.8. The van der Waals surface area contributed by atoms with E-state index in [9.17, 15) is 5.11 Å². The number of nitrogens with one attached hydrogen (secondary N) is 1. The topological polar surface area (TPSA) is 71.4 Å². The smallest absolute Gasteiger partial charge is 0.197 e. The van der Waals surface area contributed by atoms with Gasteiger partial charge in [0.1, 0.15) is 23.2 Å². The van der Waals surface area contributed by atoms with E-state index in [1.165, 1.54) is 0 Å². The highest BCUT2D eigenvalue weighted by molar-refractivity contribution is 6.35. The normalized spacial score (nSPS) is 18.2. The molecule has 1 aliphatic rings. The summed E-state index contributed by atoms with van der Waals surface area (Å²) < 4.78 is 11.6. The van der Waals surface area contributed by atoms with Crippen molar-refractivity contribution in [2.45, 2.75) is 39.7 Å². The van der Waals surface area contributed by atoms with Crippen molar-refractivity contribution < 1.29 is 13.9 Å². The highest BCUT2D eigenvalue weighted by atomic mass is 35.5. The molecule has 2 aromatic heterocycles. The molecule has 2 unspecified atom stereocenters. The van der Waals surface area contributed by atoms with E-state index in [1.807, 2.05) is 26.0 Å². The number of aryl methyl sites for hydroxylation is 2. The van der Waals surface area contributed by atoms with Crippen LogP contribution in [0.2, 0.25) is 5.02 Å². The van der Waals surface area contributed by atoms with Crippen molar-refractivity contribution in [1.29, 1.82) is 0 Å². The van der Waals surface area contributed by atoms with E-state index in [4.69, 9.17) is 20.4 Å². The van der Waals surface area contributed by atoms with Crippen molar-refractivity contribution in [3.63, 3.8) is 0 Å². The zero-order valence-electron chi connectivity index (χ0n) is 14.5. The van der Waals surface area contributed by atoms with Crippen molar-refractivity contribution in [3.8, 4) is 0 Å². The molecule has 3 heterocycles. The van der Waals surface area contributed by atoms with Gasteiger partial charge in [0.05, 0.1) is 22.8 Å². The number of nitrogens with zero attached hydrogens (tertiary/aromatic N) is 1. The Morgan fingerprint density at radius 3 is 2.88 bits per heavy atom. The molecule has 0 bridgehead atoms. The molecule has 0 radical (unpaired) electrons. The van der Waals surface area contributed by atoms with E-state index in [-0.39, 0.29) is 6.42 Å². The summed E-state index contributed by atoms with van der Waals surface area (Å²) in [4.78, 5) is 4.36. The third kappa shape index (κ3) is 2.81. The number of rotatable bonds is 3. The number of aromatic nitrogens is 1. The van der Waals surface area contributed by atoms with Gasteiger partial charge in [-0.2, -0.15) is 0 Å². The molecule has 0 aliphatic carbocycles. The van der Waals surface area contributed by atoms with Gasteiger partial charge < -0.3 is 19.3 Å². The van der Waals surface area contributed by atoms with Crippen molar-refractivity contribution in [2.24, 2.45) is 5.92 Å². The third-order valence-corrected chi connectivity index (χ3v) is 5.17. The van der Waals surface area contributed by atoms with Crippen LogP contribution in [0.1, 0.15) is 41.7 Å². The molecule has 4 rings (SSSR count). The Kier molecular flexibility index (Phi) is 4.01. The Morgan fingerprint density at radius 2 is 2.16 bits per heavy atom. The van der Waals surface area contributed by atoms with Crippen LogP contribution in [0.4, 0.5) is 5.69 Å². The minimum Gasteiger partial charge on any atom is -0.458 e. The molecular weight excluding hydrogens is 340 g/mol. The molecule has 1 aliphatic heterocycles. The number of furan rings is 1. The molecule has 2 atom stereocenters. The first kappa shape index (κ1) is 16.5. The Hall–Kier alpha value is -1.98. The van der Waals surface area contributed by atoms with E-state index in [2.05, 4.69) is 17.2 Å². The molecule has 2 N–H and O–H groups in total. The summed E-state index contributed by atoms with van der Waals surface area (Å²) in [6.45, 7) is 6.77. The molecule has 3 aromatic rings. The molecule has 0 spiro atoms. The maximum atomic E-state index is 10.8. The lowest BCUT2D eigenvalue weighted by molar-refractivity contribution is 0.142. The van der Waals surface area contributed by atoms with Gasteiger partial charge in [-0.3, -0.25) is 0 Å². The Balaban J connectivity index is 1.78. The molecule has 132 valence electrons. The number of halogens is 1. The van der Waals surface area contributed by atoms with Gasteiger partial charge in [0.2, 0.25) is 0 Å². The number of hydrogen-bond acceptors (Lipinski definition) is 5. The van der Waals surface area contributed by atoms with E-state index >= 15 is 0 Å². The summed E-state index contributed by atoms with van der Waals surface area (Å²) in [5.74, 6) is 2.29. The summed E-state index contributed by atoms with van der Waals surface area (Å²) in [5.41, 5.74) is 3.50. The second-order valence-corrected chi connectivity index (χ2v) is 7.31. The second kappa shape index (κ2) is 6.07. The second-order valence-electron chi connectivity index (χ2n) is 6.90. The maximum Gasteiger partial charge on any atom is 0.197 e. The minimum atomic E-state index is -0.809. The fourth-order valence-electron chi connectivity index (χ4n) is 3.47. The van der Waals surface area contributed by atoms with E-state index in [1.54, 1.807) is 0 Å². The molecule has 5 nitrogen and oxygen atoms in total. The SMILES string of the molecule is Cc1nc(CC(O)c2oc3ccc(Cl)c4c3c2CC(C)CN4)oc1C. The van der Waals surface area contributed by atoms with Crippen LogP contribution in [0.3, 0.4) is 0 Å². The van der Waals surface area contributed by atoms with Crippen molar-refractivity contribution in [1.82, 2.24) is 4.98 Å². The Labute approximate surface area is 151 Å². The first-order valence-corrected chi connectivity index (χ1v) is 8.90. The number of benzene rings is 1. The lowest BCUT2D eigenvalue weighted by atomic mass is 9.97. The number of aliphatic hydroxyl groups excluding tert-OH is 1. The molecule has 0 fully saturated rings. The van der Waals surface area contributed by atoms with Gasteiger partial charge in [-0.1, -0.05) is 18.5 Å². The molecule has 25 heavy (non-hydrogen) atoms. The fraction of sp³-hybridized carbons (Fsp3) is 0.421. The first-order chi connectivity index (χ1) is 11.9. The predicted molar refractivity (Wildman–Crippen MR) is 97.2 cm³/mol. The van der Waals surface area contributed by atoms with Crippen LogP contribution in [-0.4, -0.2) is 16.6 Å². The van der Waals surface area contributed by atoms with Gasteiger partial charge in [0.15, 0.2) is 5.89 Å². The van der Waals surface area contributed by atoms with Gasteiger partial charge in [0, 0.05) is 17.5 Å². The van der Waals surface area contributed by atoms with Gasteiger partial charge in [-0.25, -0.2) is 4.98 Å². The fourth-order valence-corrected chi connectivity index (χ4v) is 3.70. The number of hydrogen-bond donors (Lipinski definition) is 2. The molecular formula is C19H21ClN2O3. The molecule has 0 saturated carbocycles. The summed E-state index contributed by atoms with van der Waals surface area (Å²) in [5, 5.41) is 15.9. The van der Waals surface area contributed by atoms with Gasteiger partial charge in [-0.15, -0.1) is 0 Å². The van der Waals surface area contributed by atoms with Gasteiger partial charge in [0.25, 0.3) is 0 Å². The number of anilines is 1. The van der Waals surface area contributed by atoms with Crippen molar-refractivity contribution >= 4 is 28.3 Å². The zero-order chi connectivity index (χ0) is 17.7. The quantitative estimate of drug-likeness (QED) is 0.715. The van der Waals surface area contributed by atoms with Crippen LogP contribution in [0.25, 0.3) is 11.0 Å². The molecule has 0 saturated heterocycles. The molecule has 1 aromatic carbocycles. The van der Waals surface area contributed by atoms with Gasteiger partial charge >= 0.3 is 0 Å². The third-order valence-electron chi connectivity index (χ3n) is 4.86. The van der Waals surface area contributed by atoms with Crippen LogP contribution in [0.5, 0.6) is 0 Å². The molecule has 6 heteroatoms. The molecule has 0 amide bonds. The van der Waals surface area contributed by atoms with E-state index in [0.29, 0.717) is 22.6 Å². The largest absolute Gasteiger partial charge is 0.458 e. The van der Waals surface area contributed by atoms with Crippen LogP contribution < -0.4 is 5.32 Å². The standard InChI is InChI=1S/C19H21ClN2O3/c1-9-6-12-17-15(5-4-13(20)18(17)21-8-9)25-19(12)14(23)7-16-22-10(2)11(3)24-16/h4-5,9,14,21,23H,6-8H2,1-3H3.